The second kappa shape index (κ2) is 6.25. The van der Waals surface area contributed by atoms with Gasteiger partial charge in [0.25, 0.3) is 5.91 Å². The van der Waals surface area contributed by atoms with Crippen molar-refractivity contribution in [2.75, 3.05) is 30.4 Å². The molecule has 1 aromatic rings. The summed E-state index contributed by atoms with van der Waals surface area (Å²) in [5.74, 6) is -0.265. The highest BCUT2D eigenvalue weighted by Gasteiger charge is 2.13. The van der Waals surface area contributed by atoms with Crippen LogP contribution in [0.5, 0.6) is 0 Å². The van der Waals surface area contributed by atoms with E-state index in [1.54, 1.807) is 6.07 Å². The molecule has 0 radical (unpaired) electrons. The molecule has 1 heterocycles. The summed E-state index contributed by atoms with van der Waals surface area (Å²) in [6.07, 6.45) is 2.07. The number of nitrogens with one attached hydrogen (secondary N) is 2. The Morgan fingerprint density at radius 3 is 2.84 bits per heavy atom. The van der Waals surface area contributed by atoms with Gasteiger partial charge in [0, 0.05) is 30.6 Å². The lowest BCUT2D eigenvalue weighted by Crippen LogP contribution is -2.28. The molecule has 0 aliphatic carbocycles. The fourth-order valence-electron chi connectivity index (χ4n) is 1.90. The van der Waals surface area contributed by atoms with Gasteiger partial charge in [-0.25, -0.2) is 8.42 Å². The Hall–Kier alpha value is -1.27. The first-order valence-corrected chi connectivity index (χ1v) is 7.84. The maximum atomic E-state index is 11.8. The summed E-state index contributed by atoms with van der Waals surface area (Å²) < 4.78 is 21.9. The van der Waals surface area contributed by atoms with Crippen molar-refractivity contribution < 1.29 is 13.2 Å². The van der Waals surface area contributed by atoms with Gasteiger partial charge in [-0.1, -0.05) is 0 Å². The van der Waals surface area contributed by atoms with E-state index in [9.17, 15) is 13.2 Å². The predicted octanol–water partition coefficient (Wildman–Crippen LogP) is 0.851. The highest BCUT2D eigenvalue weighted by atomic mass is 35.5. The predicted molar refractivity (Wildman–Crippen MR) is 77.9 cm³/mol. The van der Waals surface area contributed by atoms with Crippen molar-refractivity contribution in [1.82, 2.24) is 5.32 Å². The topological polar surface area (TPSA) is 75.3 Å². The number of hydrogen-bond acceptors (Lipinski definition) is 4. The van der Waals surface area contributed by atoms with Crippen molar-refractivity contribution in [2.45, 2.75) is 6.42 Å². The summed E-state index contributed by atoms with van der Waals surface area (Å²) in [4.78, 5) is 11.8. The first-order valence-electron chi connectivity index (χ1n) is 5.78. The van der Waals surface area contributed by atoms with Crippen molar-refractivity contribution in [1.29, 1.82) is 0 Å². The summed E-state index contributed by atoms with van der Waals surface area (Å²) in [5.41, 5.74) is 2.78. The molecule has 7 heteroatoms. The molecule has 106 valence electrons. The van der Waals surface area contributed by atoms with Crippen LogP contribution in [0.2, 0.25) is 0 Å². The van der Waals surface area contributed by atoms with Crippen LogP contribution >= 0.6 is 12.4 Å². The molecule has 0 unspecified atom stereocenters. The van der Waals surface area contributed by atoms with Crippen LogP contribution < -0.4 is 10.6 Å². The molecule has 0 fully saturated rings. The van der Waals surface area contributed by atoms with E-state index in [1.807, 2.05) is 12.1 Å². The molecule has 1 aromatic carbocycles. The van der Waals surface area contributed by atoms with Crippen molar-refractivity contribution in [2.24, 2.45) is 0 Å². The van der Waals surface area contributed by atoms with E-state index in [4.69, 9.17) is 0 Å². The van der Waals surface area contributed by atoms with Gasteiger partial charge in [-0.15, -0.1) is 12.4 Å². The molecule has 2 N–H and O–H groups in total. The van der Waals surface area contributed by atoms with Gasteiger partial charge in [-0.2, -0.15) is 0 Å². The average molecular weight is 305 g/mol. The number of rotatable bonds is 4. The quantitative estimate of drug-likeness (QED) is 0.865. The summed E-state index contributed by atoms with van der Waals surface area (Å²) in [6, 6.07) is 5.48. The molecule has 2 rings (SSSR count). The van der Waals surface area contributed by atoms with Crippen LogP contribution in [0.4, 0.5) is 5.69 Å². The number of hydrogen-bond donors (Lipinski definition) is 2. The summed E-state index contributed by atoms with van der Waals surface area (Å²) in [6.45, 7) is 1.04. The molecule has 0 atom stereocenters. The number of anilines is 1. The first kappa shape index (κ1) is 15.8. The molecule has 1 amide bonds. The largest absolute Gasteiger partial charge is 0.384 e. The molecule has 1 aliphatic heterocycles. The molecule has 1 aliphatic rings. The van der Waals surface area contributed by atoms with Gasteiger partial charge in [-0.3, -0.25) is 4.79 Å². The second-order valence-electron chi connectivity index (χ2n) is 4.43. The third kappa shape index (κ3) is 4.40. The molecule has 0 aromatic heterocycles. The highest BCUT2D eigenvalue weighted by Crippen LogP contribution is 2.22. The Morgan fingerprint density at radius 2 is 2.16 bits per heavy atom. The van der Waals surface area contributed by atoms with Gasteiger partial charge in [0.1, 0.15) is 9.84 Å². The van der Waals surface area contributed by atoms with Crippen molar-refractivity contribution in [3.05, 3.63) is 29.3 Å². The molecule has 0 spiro atoms. The second-order valence-corrected chi connectivity index (χ2v) is 6.69. The number of carbonyl (C=O) groups is 1. The normalized spacial score (nSPS) is 13.1. The Morgan fingerprint density at radius 1 is 1.42 bits per heavy atom. The van der Waals surface area contributed by atoms with E-state index < -0.39 is 9.84 Å². The molecule has 0 bridgehead atoms. The fourth-order valence-corrected chi connectivity index (χ4v) is 2.37. The highest BCUT2D eigenvalue weighted by molar-refractivity contribution is 7.90. The summed E-state index contributed by atoms with van der Waals surface area (Å²) in [7, 11) is -3.04. The standard InChI is InChI=1S/C12H16N2O3S.ClH/c1-18(16,17)7-6-14-12(15)10-2-3-11-9(8-10)4-5-13-11;/h2-3,8,13H,4-7H2,1H3,(H,14,15);1H. The number of amides is 1. The Kier molecular flexibility index (Phi) is 5.20. The van der Waals surface area contributed by atoms with Gasteiger partial charge in [-0.05, 0) is 30.2 Å². The number of fused-ring (bicyclic) bond motifs is 1. The minimum Gasteiger partial charge on any atom is -0.384 e. The molecule has 19 heavy (non-hydrogen) atoms. The minimum atomic E-state index is -3.04. The zero-order valence-corrected chi connectivity index (χ0v) is 12.2. The van der Waals surface area contributed by atoms with E-state index >= 15 is 0 Å². The lowest BCUT2D eigenvalue weighted by Gasteiger charge is -2.06. The van der Waals surface area contributed by atoms with Crippen molar-refractivity contribution in [3.63, 3.8) is 0 Å². The zero-order chi connectivity index (χ0) is 13.2. The molecular formula is C12H17ClN2O3S. The first-order chi connectivity index (χ1) is 8.46. The fraction of sp³-hybridized carbons (Fsp3) is 0.417. The Balaban J connectivity index is 0.00000180. The van der Waals surface area contributed by atoms with Crippen LogP contribution in [0.15, 0.2) is 18.2 Å². The van der Waals surface area contributed by atoms with Crippen molar-refractivity contribution in [3.8, 4) is 0 Å². The van der Waals surface area contributed by atoms with Crippen LogP contribution in [0.1, 0.15) is 15.9 Å². The number of halogens is 1. The summed E-state index contributed by atoms with van der Waals surface area (Å²) in [5, 5.41) is 5.83. The van der Waals surface area contributed by atoms with E-state index in [2.05, 4.69) is 10.6 Å². The van der Waals surface area contributed by atoms with Gasteiger partial charge < -0.3 is 10.6 Å². The van der Waals surface area contributed by atoms with Gasteiger partial charge in [0.05, 0.1) is 5.75 Å². The van der Waals surface area contributed by atoms with E-state index in [0.717, 1.165) is 30.5 Å². The van der Waals surface area contributed by atoms with Crippen LogP contribution in [0, 0.1) is 0 Å². The van der Waals surface area contributed by atoms with Gasteiger partial charge >= 0.3 is 0 Å². The lowest BCUT2D eigenvalue weighted by atomic mass is 10.1. The van der Waals surface area contributed by atoms with Crippen LogP contribution in [-0.4, -0.2) is 39.4 Å². The SMILES string of the molecule is CS(=O)(=O)CCNC(=O)c1ccc2c(c1)CCN2.Cl. The molecule has 0 saturated heterocycles. The summed E-state index contributed by atoms with van der Waals surface area (Å²) >= 11 is 0. The maximum absolute atomic E-state index is 11.8. The molecule has 5 nitrogen and oxygen atoms in total. The molecule has 0 saturated carbocycles. The third-order valence-electron chi connectivity index (χ3n) is 2.84. The number of carbonyl (C=O) groups excluding carboxylic acids is 1. The smallest absolute Gasteiger partial charge is 0.251 e. The zero-order valence-electron chi connectivity index (χ0n) is 10.6. The number of sulfone groups is 1. The third-order valence-corrected chi connectivity index (χ3v) is 3.78. The van der Waals surface area contributed by atoms with Crippen LogP contribution in [-0.2, 0) is 16.3 Å². The Bertz CT molecular complexity index is 572. The van der Waals surface area contributed by atoms with Crippen molar-refractivity contribution >= 4 is 33.8 Å². The monoisotopic (exact) mass is 304 g/mol. The van der Waals surface area contributed by atoms with E-state index in [0.29, 0.717) is 5.56 Å². The maximum Gasteiger partial charge on any atom is 0.251 e. The van der Waals surface area contributed by atoms with Gasteiger partial charge in [0.15, 0.2) is 0 Å². The van der Waals surface area contributed by atoms with Crippen LogP contribution in [0.3, 0.4) is 0 Å². The van der Waals surface area contributed by atoms with Crippen LogP contribution in [0.25, 0.3) is 0 Å². The number of benzene rings is 1. The lowest BCUT2D eigenvalue weighted by molar-refractivity contribution is 0.0956. The minimum absolute atomic E-state index is 0. The van der Waals surface area contributed by atoms with E-state index in [-0.39, 0.29) is 30.6 Å². The molecular weight excluding hydrogens is 288 g/mol. The van der Waals surface area contributed by atoms with Gasteiger partial charge in [0.2, 0.25) is 0 Å². The van der Waals surface area contributed by atoms with E-state index in [1.165, 1.54) is 0 Å². The Labute approximate surface area is 119 Å². The average Bonchev–Trinajstić information content (AvgIpc) is 2.73.